The van der Waals surface area contributed by atoms with Crippen LogP contribution in [0.2, 0.25) is 0 Å². The van der Waals surface area contributed by atoms with Gasteiger partial charge in [0.05, 0.1) is 13.7 Å². The summed E-state index contributed by atoms with van der Waals surface area (Å²) in [5.41, 5.74) is 0.747. The fraction of sp³-hybridized carbons (Fsp3) is 0.278. The van der Waals surface area contributed by atoms with E-state index in [9.17, 15) is 22.0 Å². The van der Waals surface area contributed by atoms with Crippen molar-refractivity contribution in [3.05, 3.63) is 53.6 Å². The van der Waals surface area contributed by atoms with Crippen molar-refractivity contribution < 1.29 is 26.7 Å². The van der Waals surface area contributed by atoms with Crippen LogP contribution in [-0.2, 0) is 14.8 Å². The van der Waals surface area contributed by atoms with E-state index in [0.717, 1.165) is 22.0 Å². The van der Waals surface area contributed by atoms with E-state index in [2.05, 4.69) is 5.32 Å². The Bertz CT molecular complexity index is 948. The maximum Gasteiger partial charge on any atom is 0.247 e. The number of amides is 1. The van der Waals surface area contributed by atoms with Crippen LogP contribution in [0.4, 0.5) is 14.5 Å². The molecule has 1 N–H and O–H groups in total. The number of rotatable bonds is 7. The lowest BCUT2D eigenvalue weighted by Crippen LogP contribution is -2.38. The molecule has 0 saturated heterocycles. The third kappa shape index (κ3) is 4.81. The number of hydrogen-bond donors (Lipinski definition) is 1. The van der Waals surface area contributed by atoms with E-state index in [1.54, 1.807) is 19.9 Å². The fourth-order valence-corrected chi connectivity index (χ4v) is 4.07. The van der Waals surface area contributed by atoms with Crippen molar-refractivity contribution in [3.63, 3.8) is 0 Å². The molecule has 0 aromatic heterocycles. The topological polar surface area (TPSA) is 75.7 Å². The van der Waals surface area contributed by atoms with Gasteiger partial charge in [-0.05, 0) is 36.8 Å². The molecule has 0 atom stereocenters. The Balaban J connectivity index is 2.23. The normalized spacial score (nSPS) is 11.5. The van der Waals surface area contributed by atoms with Crippen LogP contribution in [0.5, 0.6) is 5.75 Å². The summed E-state index contributed by atoms with van der Waals surface area (Å²) in [4.78, 5) is 12.2. The fourth-order valence-electron chi connectivity index (χ4n) is 2.43. The first kappa shape index (κ1) is 20.8. The molecule has 0 saturated carbocycles. The van der Waals surface area contributed by atoms with Gasteiger partial charge in [-0.25, -0.2) is 17.2 Å². The van der Waals surface area contributed by atoms with E-state index in [-0.39, 0.29) is 22.9 Å². The molecule has 2 aromatic rings. The van der Waals surface area contributed by atoms with E-state index in [4.69, 9.17) is 4.74 Å². The molecule has 6 nitrogen and oxygen atoms in total. The first-order valence-electron chi connectivity index (χ1n) is 8.08. The van der Waals surface area contributed by atoms with Gasteiger partial charge in [-0.2, -0.15) is 4.31 Å². The smallest absolute Gasteiger partial charge is 0.247 e. The summed E-state index contributed by atoms with van der Waals surface area (Å²) in [7, 11) is -2.65. The number of sulfonamides is 1. The van der Waals surface area contributed by atoms with Gasteiger partial charge in [0.25, 0.3) is 0 Å². The Hall–Kier alpha value is -2.52. The molecule has 1 amide bonds. The summed E-state index contributed by atoms with van der Waals surface area (Å²) in [6, 6.07) is 7.59. The summed E-state index contributed by atoms with van der Waals surface area (Å²) in [6.45, 7) is 2.87. The van der Waals surface area contributed by atoms with Gasteiger partial charge in [0.1, 0.15) is 10.6 Å². The molecule has 0 radical (unpaired) electrons. The van der Waals surface area contributed by atoms with E-state index < -0.39 is 34.1 Å². The second-order valence-corrected chi connectivity index (χ2v) is 7.67. The van der Waals surface area contributed by atoms with Crippen molar-refractivity contribution in [1.82, 2.24) is 4.31 Å². The lowest BCUT2D eigenvalue weighted by molar-refractivity contribution is -0.116. The van der Waals surface area contributed by atoms with Gasteiger partial charge in [0.15, 0.2) is 11.6 Å². The standard InChI is InChI=1S/C18H20F2N2O4S/c1-4-22(11-18(23)21-13-6-7-14(19)15(20)10-13)27(24,25)17-9-12(2)5-8-16(17)26-3/h5-10H,4,11H2,1-3H3,(H,21,23). The number of nitrogens with zero attached hydrogens (tertiary/aromatic N) is 1. The van der Waals surface area contributed by atoms with Gasteiger partial charge in [0.2, 0.25) is 15.9 Å². The van der Waals surface area contributed by atoms with Gasteiger partial charge in [-0.3, -0.25) is 4.79 Å². The van der Waals surface area contributed by atoms with Crippen molar-refractivity contribution in [2.75, 3.05) is 25.5 Å². The summed E-state index contributed by atoms with van der Waals surface area (Å²) < 4.78 is 58.2. The summed E-state index contributed by atoms with van der Waals surface area (Å²) in [5, 5.41) is 2.36. The zero-order valence-corrected chi connectivity index (χ0v) is 15.9. The highest BCUT2D eigenvalue weighted by Crippen LogP contribution is 2.27. The van der Waals surface area contributed by atoms with E-state index >= 15 is 0 Å². The van der Waals surface area contributed by atoms with Crippen molar-refractivity contribution >= 4 is 21.6 Å². The molecule has 0 spiro atoms. The number of anilines is 1. The second-order valence-electron chi connectivity index (χ2n) is 5.76. The number of halogens is 2. The van der Waals surface area contributed by atoms with Gasteiger partial charge < -0.3 is 10.1 Å². The quantitative estimate of drug-likeness (QED) is 0.778. The molecule has 146 valence electrons. The molecule has 27 heavy (non-hydrogen) atoms. The minimum Gasteiger partial charge on any atom is -0.495 e. The molecule has 0 aliphatic heterocycles. The van der Waals surface area contributed by atoms with Gasteiger partial charge in [0, 0.05) is 18.3 Å². The van der Waals surface area contributed by atoms with Crippen LogP contribution in [0.1, 0.15) is 12.5 Å². The predicted octanol–water partition coefficient (Wildman–Crippen LogP) is 2.93. The molecule has 0 aliphatic carbocycles. The minimum atomic E-state index is -4.01. The number of carbonyl (C=O) groups excluding carboxylic acids is 1. The van der Waals surface area contributed by atoms with Crippen molar-refractivity contribution in [2.24, 2.45) is 0 Å². The first-order valence-corrected chi connectivity index (χ1v) is 9.52. The zero-order valence-electron chi connectivity index (χ0n) is 15.1. The second kappa shape index (κ2) is 8.45. The van der Waals surface area contributed by atoms with E-state index in [1.165, 1.54) is 25.3 Å². The molecule has 0 bridgehead atoms. The van der Waals surface area contributed by atoms with Crippen molar-refractivity contribution in [2.45, 2.75) is 18.7 Å². The molecule has 0 heterocycles. The number of ether oxygens (including phenoxy) is 1. The third-order valence-electron chi connectivity index (χ3n) is 3.81. The molecule has 9 heteroatoms. The SMILES string of the molecule is CCN(CC(=O)Nc1ccc(F)c(F)c1)S(=O)(=O)c1cc(C)ccc1OC. The average molecular weight is 398 g/mol. The number of benzene rings is 2. The van der Waals surface area contributed by atoms with E-state index in [1.807, 2.05) is 0 Å². The van der Waals surface area contributed by atoms with Gasteiger partial charge in [-0.1, -0.05) is 13.0 Å². The van der Waals surface area contributed by atoms with Crippen LogP contribution in [0.15, 0.2) is 41.3 Å². The van der Waals surface area contributed by atoms with Gasteiger partial charge >= 0.3 is 0 Å². The Kier molecular flexibility index (Phi) is 6.50. The third-order valence-corrected chi connectivity index (χ3v) is 5.75. The number of hydrogen-bond acceptors (Lipinski definition) is 4. The van der Waals surface area contributed by atoms with Crippen LogP contribution in [-0.4, -0.2) is 38.8 Å². The number of nitrogens with one attached hydrogen (secondary N) is 1. The minimum absolute atomic E-state index is 0.0282. The Morgan fingerprint density at radius 2 is 1.85 bits per heavy atom. The largest absolute Gasteiger partial charge is 0.495 e. The number of methoxy groups -OCH3 is 1. The first-order chi connectivity index (χ1) is 12.7. The molecule has 0 fully saturated rings. The van der Waals surface area contributed by atoms with E-state index in [0.29, 0.717) is 0 Å². The number of carbonyl (C=O) groups is 1. The van der Waals surface area contributed by atoms with Crippen LogP contribution in [0.25, 0.3) is 0 Å². The van der Waals surface area contributed by atoms with Crippen LogP contribution >= 0.6 is 0 Å². The van der Waals surface area contributed by atoms with Gasteiger partial charge in [-0.15, -0.1) is 0 Å². The average Bonchev–Trinajstić information content (AvgIpc) is 2.62. The number of aryl methyl sites for hydroxylation is 1. The molecule has 2 rings (SSSR count). The zero-order chi connectivity index (χ0) is 20.2. The van der Waals surface area contributed by atoms with Crippen LogP contribution in [0.3, 0.4) is 0 Å². The highest BCUT2D eigenvalue weighted by atomic mass is 32.2. The molecule has 0 aliphatic rings. The highest BCUT2D eigenvalue weighted by molar-refractivity contribution is 7.89. The summed E-state index contributed by atoms with van der Waals surface area (Å²) >= 11 is 0. The highest BCUT2D eigenvalue weighted by Gasteiger charge is 2.28. The van der Waals surface area contributed by atoms with Crippen LogP contribution < -0.4 is 10.1 Å². The lowest BCUT2D eigenvalue weighted by Gasteiger charge is -2.21. The van der Waals surface area contributed by atoms with Crippen molar-refractivity contribution in [3.8, 4) is 5.75 Å². The number of likely N-dealkylation sites (N-methyl/N-ethyl adjacent to an activating group) is 1. The Morgan fingerprint density at radius 3 is 2.44 bits per heavy atom. The monoisotopic (exact) mass is 398 g/mol. The Morgan fingerprint density at radius 1 is 1.15 bits per heavy atom. The van der Waals surface area contributed by atoms with Crippen LogP contribution in [0, 0.1) is 18.6 Å². The molecule has 0 unspecified atom stereocenters. The maximum absolute atomic E-state index is 13.2. The Labute approximate surface area is 156 Å². The van der Waals surface area contributed by atoms with Crippen molar-refractivity contribution in [1.29, 1.82) is 0 Å². The summed E-state index contributed by atoms with van der Waals surface area (Å²) in [5.74, 6) is -2.67. The molecular formula is C18H20F2N2O4S. The molecule has 2 aromatic carbocycles. The summed E-state index contributed by atoms with van der Waals surface area (Å²) in [6.07, 6.45) is 0. The lowest BCUT2D eigenvalue weighted by atomic mass is 10.2. The maximum atomic E-state index is 13.2. The molecular weight excluding hydrogens is 378 g/mol. The predicted molar refractivity (Wildman–Crippen MR) is 97.2 cm³/mol.